The second-order valence-corrected chi connectivity index (χ2v) is 8.40. The number of hydrogen-bond acceptors (Lipinski definition) is 5. The number of carbonyl (C=O) groups excluding carboxylic acids is 1. The smallest absolute Gasteiger partial charge is 0.252 e. The molecule has 1 aromatic carbocycles. The van der Waals surface area contributed by atoms with Gasteiger partial charge in [0.15, 0.2) is 0 Å². The number of carbonyl (C=O) groups is 1. The Morgan fingerprint density at radius 2 is 1.93 bits per heavy atom. The maximum Gasteiger partial charge on any atom is 0.252 e. The molecule has 2 N–H and O–H groups in total. The Bertz CT molecular complexity index is 970. The summed E-state index contributed by atoms with van der Waals surface area (Å²) in [6, 6.07) is 15.7. The van der Waals surface area contributed by atoms with Crippen molar-refractivity contribution >= 4 is 22.9 Å². The lowest BCUT2D eigenvalue weighted by molar-refractivity contribution is 0.0366. The van der Waals surface area contributed by atoms with Gasteiger partial charge in [0, 0.05) is 35.5 Å². The van der Waals surface area contributed by atoms with Crippen molar-refractivity contribution in [2.24, 2.45) is 0 Å². The number of aliphatic hydroxyl groups excluding tert-OH is 1. The van der Waals surface area contributed by atoms with Gasteiger partial charge in [0.25, 0.3) is 5.91 Å². The molecule has 0 saturated carbocycles. The normalized spacial score (nSPS) is 21.8. The summed E-state index contributed by atoms with van der Waals surface area (Å²) < 4.78 is 0. The SMILES string of the molecule is Cc1cc(N2CC[C@](NC(=O)c3ccsc3)(c3ccccc3)[C@H](O)C2)cc(C)n1. The predicted molar refractivity (Wildman–Crippen MR) is 116 cm³/mol. The molecule has 2 aromatic heterocycles. The van der Waals surface area contributed by atoms with Crippen LogP contribution in [0.15, 0.2) is 59.3 Å². The summed E-state index contributed by atoms with van der Waals surface area (Å²) in [5.41, 5.74) is 3.70. The molecule has 5 nitrogen and oxygen atoms in total. The third-order valence-electron chi connectivity index (χ3n) is 5.58. The van der Waals surface area contributed by atoms with E-state index in [0.29, 0.717) is 18.5 Å². The van der Waals surface area contributed by atoms with Crippen molar-refractivity contribution in [1.29, 1.82) is 0 Å². The number of thiophene rings is 1. The van der Waals surface area contributed by atoms with E-state index in [1.54, 1.807) is 0 Å². The zero-order chi connectivity index (χ0) is 20.4. The number of pyridine rings is 1. The molecule has 2 atom stereocenters. The van der Waals surface area contributed by atoms with E-state index in [2.05, 4.69) is 15.2 Å². The van der Waals surface area contributed by atoms with Gasteiger partial charge in [-0.05, 0) is 49.4 Å². The lowest BCUT2D eigenvalue weighted by Gasteiger charge is -2.47. The van der Waals surface area contributed by atoms with Gasteiger partial charge < -0.3 is 15.3 Å². The van der Waals surface area contributed by atoms with E-state index in [1.165, 1.54) is 11.3 Å². The van der Waals surface area contributed by atoms with Crippen LogP contribution in [-0.2, 0) is 5.54 Å². The van der Waals surface area contributed by atoms with E-state index in [1.807, 2.05) is 73.1 Å². The molecule has 1 fully saturated rings. The minimum Gasteiger partial charge on any atom is -0.388 e. The number of rotatable bonds is 4. The average Bonchev–Trinajstić information content (AvgIpc) is 3.24. The van der Waals surface area contributed by atoms with Crippen LogP contribution in [0.5, 0.6) is 0 Å². The van der Waals surface area contributed by atoms with Crippen LogP contribution in [0, 0.1) is 13.8 Å². The van der Waals surface area contributed by atoms with Gasteiger partial charge in [-0.1, -0.05) is 30.3 Å². The molecule has 3 heterocycles. The first kappa shape index (κ1) is 19.6. The molecule has 29 heavy (non-hydrogen) atoms. The Hall–Kier alpha value is -2.70. The Kier molecular flexibility index (Phi) is 5.39. The zero-order valence-electron chi connectivity index (χ0n) is 16.6. The van der Waals surface area contributed by atoms with Crippen molar-refractivity contribution in [2.45, 2.75) is 31.9 Å². The lowest BCUT2D eigenvalue weighted by Crippen LogP contribution is -2.62. The molecule has 150 valence electrons. The zero-order valence-corrected chi connectivity index (χ0v) is 17.4. The Labute approximate surface area is 175 Å². The number of nitrogens with zero attached hydrogens (tertiary/aromatic N) is 2. The Morgan fingerprint density at radius 1 is 1.21 bits per heavy atom. The number of aliphatic hydroxyl groups is 1. The Morgan fingerprint density at radius 3 is 2.55 bits per heavy atom. The van der Waals surface area contributed by atoms with Crippen LogP contribution in [-0.4, -0.2) is 35.2 Å². The van der Waals surface area contributed by atoms with E-state index in [0.717, 1.165) is 29.2 Å². The monoisotopic (exact) mass is 407 g/mol. The second kappa shape index (κ2) is 7.97. The summed E-state index contributed by atoms with van der Waals surface area (Å²) in [6.07, 6.45) is -0.149. The van der Waals surface area contributed by atoms with Crippen LogP contribution in [0.3, 0.4) is 0 Å². The minimum absolute atomic E-state index is 0.154. The van der Waals surface area contributed by atoms with Crippen molar-refractivity contribution in [2.75, 3.05) is 18.0 Å². The molecule has 4 rings (SSSR count). The van der Waals surface area contributed by atoms with E-state index in [4.69, 9.17) is 0 Å². The summed E-state index contributed by atoms with van der Waals surface area (Å²) in [4.78, 5) is 19.5. The van der Waals surface area contributed by atoms with Gasteiger partial charge in [0.05, 0.1) is 17.2 Å². The molecule has 0 aliphatic carbocycles. The van der Waals surface area contributed by atoms with Crippen LogP contribution in [0.2, 0.25) is 0 Å². The van der Waals surface area contributed by atoms with E-state index in [-0.39, 0.29) is 5.91 Å². The largest absolute Gasteiger partial charge is 0.388 e. The molecule has 0 unspecified atom stereocenters. The van der Waals surface area contributed by atoms with Crippen molar-refractivity contribution < 1.29 is 9.90 Å². The number of anilines is 1. The molecular formula is C23H25N3O2S. The summed E-state index contributed by atoms with van der Waals surface area (Å²) in [6.45, 7) is 5.11. The molecule has 3 aromatic rings. The molecule has 0 radical (unpaired) electrons. The van der Waals surface area contributed by atoms with Crippen molar-refractivity contribution in [1.82, 2.24) is 10.3 Å². The van der Waals surface area contributed by atoms with Gasteiger partial charge in [0.1, 0.15) is 0 Å². The van der Waals surface area contributed by atoms with E-state index < -0.39 is 11.6 Å². The highest BCUT2D eigenvalue weighted by atomic mass is 32.1. The number of piperidine rings is 1. The first-order valence-corrected chi connectivity index (χ1v) is 10.7. The summed E-state index contributed by atoms with van der Waals surface area (Å²) in [5, 5.41) is 18.2. The van der Waals surface area contributed by atoms with Crippen molar-refractivity contribution in [3.8, 4) is 0 Å². The maximum atomic E-state index is 12.9. The second-order valence-electron chi connectivity index (χ2n) is 7.62. The fourth-order valence-corrected chi connectivity index (χ4v) is 4.76. The van der Waals surface area contributed by atoms with Crippen molar-refractivity contribution in [3.63, 3.8) is 0 Å². The summed E-state index contributed by atoms with van der Waals surface area (Å²) in [7, 11) is 0. The fraction of sp³-hybridized carbons (Fsp3) is 0.304. The van der Waals surface area contributed by atoms with Gasteiger partial charge >= 0.3 is 0 Å². The van der Waals surface area contributed by atoms with E-state index in [9.17, 15) is 9.90 Å². The first-order valence-electron chi connectivity index (χ1n) is 9.76. The first-order chi connectivity index (χ1) is 14.0. The molecular weight excluding hydrogens is 382 g/mol. The lowest BCUT2D eigenvalue weighted by atomic mass is 9.78. The van der Waals surface area contributed by atoms with Crippen LogP contribution < -0.4 is 10.2 Å². The van der Waals surface area contributed by atoms with Crippen LogP contribution in [0.1, 0.15) is 33.7 Å². The topological polar surface area (TPSA) is 65.5 Å². The molecule has 1 saturated heterocycles. The number of hydrogen-bond donors (Lipinski definition) is 2. The minimum atomic E-state index is -0.825. The van der Waals surface area contributed by atoms with Gasteiger partial charge in [-0.25, -0.2) is 0 Å². The van der Waals surface area contributed by atoms with E-state index >= 15 is 0 Å². The van der Waals surface area contributed by atoms with Gasteiger partial charge in [-0.3, -0.25) is 9.78 Å². The highest BCUT2D eigenvalue weighted by Gasteiger charge is 2.45. The number of nitrogens with one attached hydrogen (secondary N) is 1. The number of aromatic nitrogens is 1. The number of benzene rings is 1. The molecule has 1 amide bonds. The maximum absolute atomic E-state index is 12.9. The fourth-order valence-electron chi connectivity index (χ4n) is 4.12. The summed E-state index contributed by atoms with van der Waals surface area (Å²) in [5.74, 6) is -0.154. The van der Waals surface area contributed by atoms with Crippen molar-refractivity contribution in [3.05, 3.63) is 81.8 Å². The predicted octanol–water partition coefficient (Wildman–Crippen LogP) is 3.66. The highest BCUT2D eigenvalue weighted by Crippen LogP contribution is 2.35. The standard InChI is InChI=1S/C23H25N3O2S/c1-16-12-20(13-17(2)24-16)26-10-9-23(21(27)14-26,19-6-4-3-5-7-19)25-22(28)18-8-11-29-15-18/h3-8,11-13,15,21,27H,9-10,14H2,1-2H3,(H,25,28)/t21-,23+/m1/s1. The van der Waals surface area contributed by atoms with Gasteiger partial charge in [0.2, 0.25) is 0 Å². The number of β-amino-alcohol motifs (C(OH)–C–C–N with tert-alkyl or cyclic N) is 1. The number of aryl methyl sites for hydroxylation is 2. The van der Waals surface area contributed by atoms with Gasteiger partial charge in [-0.15, -0.1) is 0 Å². The molecule has 1 aliphatic rings. The molecule has 6 heteroatoms. The molecule has 0 bridgehead atoms. The van der Waals surface area contributed by atoms with Crippen LogP contribution in [0.25, 0.3) is 0 Å². The van der Waals surface area contributed by atoms with Crippen LogP contribution in [0.4, 0.5) is 5.69 Å². The Balaban J connectivity index is 1.65. The number of amides is 1. The highest BCUT2D eigenvalue weighted by molar-refractivity contribution is 7.08. The molecule has 1 aliphatic heterocycles. The van der Waals surface area contributed by atoms with Gasteiger partial charge in [-0.2, -0.15) is 11.3 Å². The quantitative estimate of drug-likeness (QED) is 0.693. The average molecular weight is 408 g/mol. The summed E-state index contributed by atoms with van der Waals surface area (Å²) >= 11 is 1.49. The third-order valence-corrected chi connectivity index (χ3v) is 6.26. The molecule has 0 spiro atoms. The van der Waals surface area contributed by atoms with Crippen LogP contribution >= 0.6 is 11.3 Å². The third kappa shape index (κ3) is 3.91.